The number of ether oxygens (including phenoxy) is 1. The zero-order chi connectivity index (χ0) is 21.3. The highest BCUT2D eigenvalue weighted by molar-refractivity contribution is 5.69. The summed E-state index contributed by atoms with van der Waals surface area (Å²) >= 11 is 0. The number of carbonyl (C=O) groups excluding carboxylic acids is 1. The van der Waals surface area contributed by atoms with Gasteiger partial charge in [-0.3, -0.25) is 4.79 Å². The summed E-state index contributed by atoms with van der Waals surface area (Å²) in [7, 11) is 0. The molecule has 0 atom stereocenters. The molecule has 0 aliphatic carbocycles. The number of aliphatic hydroxyl groups excluding tert-OH is 1. The van der Waals surface area contributed by atoms with E-state index in [0.717, 1.165) is 19.3 Å². The smallest absolute Gasteiger partial charge is 0.306 e. The molecule has 0 aromatic carbocycles. The predicted octanol–water partition coefficient (Wildman–Crippen LogP) is 6.31. The lowest BCUT2D eigenvalue weighted by Crippen LogP contribution is -2.48. The number of hydrogen-bond acceptors (Lipinski definition) is 4. The van der Waals surface area contributed by atoms with Crippen LogP contribution in [0.2, 0.25) is 0 Å². The van der Waals surface area contributed by atoms with Gasteiger partial charge in [0.25, 0.3) is 0 Å². The van der Waals surface area contributed by atoms with E-state index in [1.807, 2.05) is 0 Å². The van der Waals surface area contributed by atoms with Gasteiger partial charge < -0.3 is 14.9 Å². The minimum atomic E-state index is -1.04. The van der Waals surface area contributed by atoms with Gasteiger partial charge in [0.1, 0.15) is 5.60 Å². The van der Waals surface area contributed by atoms with Crippen LogP contribution in [0.25, 0.3) is 0 Å². The van der Waals surface area contributed by atoms with Gasteiger partial charge in [-0.1, -0.05) is 83.5 Å². The van der Waals surface area contributed by atoms with E-state index in [4.69, 9.17) is 9.84 Å². The van der Waals surface area contributed by atoms with Crippen molar-refractivity contribution in [2.75, 3.05) is 6.61 Å². The number of aliphatic hydroxyl groups is 2. The molecule has 0 saturated heterocycles. The van der Waals surface area contributed by atoms with Crippen LogP contribution in [0.15, 0.2) is 0 Å². The second kappa shape index (κ2) is 16.2. The van der Waals surface area contributed by atoms with E-state index in [0.29, 0.717) is 13.0 Å². The lowest BCUT2D eigenvalue weighted by atomic mass is 9.89. The van der Waals surface area contributed by atoms with Gasteiger partial charge in [0.2, 0.25) is 0 Å². The zero-order valence-corrected chi connectivity index (χ0v) is 19.2. The van der Waals surface area contributed by atoms with Crippen LogP contribution < -0.4 is 0 Å². The molecule has 168 valence electrons. The lowest BCUT2D eigenvalue weighted by molar-refractivity contribution is -0.180. The normalized spacial score (nSPS) is 12.4. The summed E-state index contributed by atoms with van der Waals surface area (Å²) in [6, 6.07) is 0. The second-order valence-corrected chi connectivity index (χ2v) is 9.32. The summed E-state index contributed by atoms with van der Waals surface area (Å²) in [6.07, 6.45) is 19.0. The molecule has 0 aliphatic rings. The summed E-state index contributed by atoms with van der Waals surface area (Å²) in [5.74, 6) is -0.208. The van der Waals surface area contributed by atoms with Crippen molar-refractivity contribution in [3.63, 3.8) is 0 Å². The molecule has 4 heteroatoms. The van der Waals surface area contributed by atoms with Gasteiger partial charge in [-0.2, -0.15) is 0 Å². The maximum absolute atomic E-state index is 11.9. The number of carbonyl (C=O) groups is 1. The number of rotatable bonds is 19. The van der Waals surface area contributed by atoms with Crippen molar-refractivity contribution in [2.45, 2.75) is 142 Å². The van der Waals surface area contributed by atoms with Crippen molar-refractivity contribution in [1.29, 1.82) is 0 Å². The lowest BCUT2D eigenvalue weighted by Gasteiger charge is -2.36. The molecular weight excluding hydrogens is 352 g/mol. The maximum Gasteiger partial charge on any atom is 0.306 e. The summed E-state index contributed by atoms with van der Waals surface area (Å²) in [6.45, 7) is 7.19. The van der Waals surface area contributed by atoms with Gasteiger partial charge in [-0.25, -0.2) is 0 Å². The SMILES string of the molecule is CC(C)(O)C(C)(C)OC(=O)CCCCCCCCCCCCCCCCCO. The molecule has 0 unspecified atom stereocenters. The van der Waals surface area contributed by atoms with Crippen LogP contribution >= 0.6 is 0 Å². The Balaban J connectivity index is 3.35. The summed E-state index contributed by atoms with van der Waals surface area (Å²) in [4.78, 5) is 11.9. The fraction of sp³-hybridized carbons (Fsp3) is 0.958. The standard InChI is InChI=1S/C24H48O4/c1-23(2,27)24(3,4)28-22(26)20-18-16-14-12-10-8-6-5-7-9-11-13-15-17-19-21-25/h25,27H,5-21H2,1-4H3. The molecule has 0 bridgehead atoms. The van der Waals surface area contributed by atoms with E-state index < -0.39 is 11.2 Å². The Morgan fingerprint density at radius 1 is 0.643 bits per heavy atom. The van der Waals surface area contributed by atoms with Gasteiger partial charge >= 0.3 is 5.97 Å². The minimum Gasteiger partial charge on any atom is -0.457 e. The predicted molar refractivity (Wildman–Crippen MR) is 117 cm³/mol. The Kier molecular flexibility index (Phi) is 15.9. The number of unbranched alkanes of at least 4 members (excludes halogenated alkanes) is 14. The highest BCUT2D eigenvalue weighted by atomic mass is 16.6. The zero-order valence-electron chi connectivity index (χ0n) is 19.2. The third-order valence-electron chi connectivity index (χ3n) is 5.88. The van der Waals surface area contributed by atoms with Crippen LogP contribution in [-0.2, 0) is 9.53 Å². The van der Waals surface area contributed by atoms with E-state index in [1.54, 1.807) is 27.7 Å². The molecule has 0 aliphatic heterocycles. The average molecular weight is 401 g/mol. The first kappa shape index (κ1) is 27.4. The summed E-state index contributed by atoms with van der Waals surface area (Å²) in [5, 5.41) is 18.7. The molecule has 0 spiro atoms. The Morgan fingerprint density at radius 3 is 1.29 bits per heavy atom. The molecule has 0 heterocycles. The van der Waals surface area contributed by atoms with Crippen LogP contribution in [0, 0.1) is 0 Å². The third kappa shape index (κ3) is 15.3. The van der Waals surface area contributed by atoms with Crippen molar-refractivity contribution in [2.24, 2.45) is 0 Å². The topological polar surface area (TPSA) is 66.8 Å². The molecule has 0 amide bonds. The third-order valence-corrected chi connectivity index (χ3v) is 5.88. The fourth-order valence-corrected chi connectivity index (χ4v) is 3.14. The number of esters is 1. The van der Waals surface area contributed by atoms with Crippen molar-refractivity contribution in [1.82, 2.24) is 0 Å². The van der Waals surface area contributed by atoms with Gasteiger partial charge in [0.15, 0.2) is 0 Å². The van der Waals surface area contributed by atoms with E-state index in [1.165, 1.54) is 77.0 Å². The molecule has 4 nitrogen and oxygen atoms in total. The van der Waals surface area contributed by atoms with E-state index in [2.05, 4.69) is 0 Å². The Bertz CT molecular complexity index is 371. The van der Waals surface area contributed by atoms with Crippen LogP contribution in [0.1, 0.15) is 130 Å². The molecule has 2 N–H and O–H groups in total. The van der Waals surface area contributed by atoms with Crippen molar-refractivity contribution in [3.05, 3.63) is 0 Å². The monoisotopic (exact) mass is 400 g/mol. The molecule has 0 radical (unpaired) electrons. The summed E-state index contributed by atoms with van der Waals surface area (Å²) < 4.78 is 5.43. The molecule has 0 rings (SSSR count). The average Bonchev–Trinajstić information content (AvgIpc) is 2.60. The largest absolute Gasteiger partial charge is 0.457 e. The quantitative estimate of drug-likeness (QED) is 0.197. The van der Waals surface area contributed by atoms with E-state index in [-0.39, 0.29) is 5.97 Å². The van der Waals surface area contributed by atoms with E-state index >= 15 is 0 Å². The van der Waals surface area contributed by atoms with Crippen LogP contribution in [0.3, 0.4) is 0 Å². The Labute approximate surface area is 174 Å². The van der Waals surface area contributed by atoms with Gasteiger partial charge in [-0.05, 0) is 40.5 Å². The van der Waals surface area contributed by atoms with Crippen molar-refractivity contribution < 1.29 is 19.7 Å². The van der Waals surface area contributed by atoms with Crippen molar-refractivity contribution in [3.8, 4) is 0 Å². The maximum atomic E-state index is 11.9. The first-order valence-electron chi connectivity index (χ1n) is 11.8. The molecular formula is C24H48O4. The van der Waals surface area contributed by atoms with E-state index in [9.17, 15) is 9.90 Å². The highest BCUT2D eigenvalue weighted by Crippen LogP contribution is 2.25. The van der Waals surface area contributed by atoms with Crippen LogP contribution in [0.4, 0.5) is 0 Å². The number of hydrogen-bond donors (Lipinski definition) is 2. The summed E-state index contributed by atoms with van der Waals surface area (Å²) in [5.41, 5.74) is -1.90. The molecule has 0 fully saturated rings. The first-order chi connectivity index (χ1) is 13.2. The Morgan fingerprint density at radius 2 is 0.964 bits per heavy atom. The van der Waals surface area contributed by atoms with Gasteiger partial charge in [-0.15, -0.1) is 0 Å². The minimum absolute atomic E-state index is 0.208. The van der Waals surface area contributed by atoms with Crippen molar-refractivity contribution >= 4 is 5.97 Å². The van der Waals surface area contributed by atoms with Gasteiger partial charge in [0, 0.05) is 13.0 Å². The molecule has 28 heavy (non-hydrogen) atoms. The molecule has 0 saturated carbocycles. The first-order valence-corrected chi connectivity index (χ1v) is 11.8. The van der Waals surface area contributed by atoms with Crippen LogP contribution in [0.5, 0.6) is 0 Å². The molecule has 0 aromatic rings. The van der Waals surface area contributed by atoms with Gasteiger partial charge in [0.05, 0.1) is 5.60 Å². The Hall–Kier alpha value is -0.610. The molecule has 0 aromatic heterocycles. The fourth-order valence-electron chi connectivity index (χ4n) is 3.14. The second-order valence-electron chi connectivity index (χ2n) is 9.32. The highest BCUT2D eigenvalue weighted by Gasteiger charge is 2.38. The van der Waals surface area contributed by atoms with Crippen LogP contribution in [-0.4, -0.2) is 34.0 Å².